The summed E-state index contributed by atoms with van der Waals surface area (Å²) in [5, 5.41) is 5.84. The van der Waals surface area contributed by atoms with Crippen molar-refractivity contribution >= 4 is 17.7 Å². The summed E-state index contributed by atoms with van der Waals surface area (Å²) in [6.45, 7) is 3.43. The van der Waals surface area contributed by atoms with Crippen LogP contribution in [0.3, 0.4) is 0 Å². The van der Waals surface area contributed by atoms with Crippen LogP contribution in [-0.2, 0) is 4.79 Å². The molecule has 12 heavy (non-hydrogen) atoms. The first-order chi connectivity index (χ1) is 5.72. The predicted molar refractivity (Wildman–Crippen MR) is 54.5 cm³/mol. The Morgan fingerprint density at radius 3 is 2.75 bits per heavy atom. The van der Waals surface area contributed by atoms with Gasteiger partial charge in [0.2, 0.25) is 5.91 Å². The minimum Gasteiger partial charge on any atom is -0.355 e. The Bertz CT molecular complexity index is 130. The maximum Gasteiger partial charge on any atom is 0.224 e. The number of thioether (sulfide) groups is 1. The minimum absolute atomic E-state index is 0.0665. The summed E-state index contributed by atoms with van der Waals surface area (Å²) in [6.07, 6.45) is 2.03. The van der Waals surface area contributed by atoms with Gasteiger partial charge in [-0.05, 0) is 13.3 Å². The van der Waals surface area contributed by atoms with Crippen LogP contribution in [0.5, 0.6) is 0 Å². The predicted octanol–water partition coefficient (Wildman–Crippen LogP) is 0.321. The average molecular weight is 190 g/mol. The molecule has 0 aliphatic rings. The third kappa shape index (κ3) is 5.43. The van der Waals surface area contributed by atoms with Crippen LogP contribution in [0.15, 0.2) is 0 Å². The summed E-state index contributed by atoms with van der Waals surface area (Å²) in [7, 11) is 1.85. The van der Waals surface area contributed by atoms with E-state index < -0.39 is 0 Å². The first kappa shape index (κ1) is 11.8. The minimum atomic E-state index is 0.0665. The smallest absolute Gasteiger partial charge is 0.224 e. The van der Waals surface area contributed by atoms with E-state index >= 15 is 0 Å². The van der Waals surface area contributed by atoms with E-state index in [2.05, 4.69) is 10.6 Å². The Labute approximate surface area is 78.7 Å². The van der Waals surface area contributed by atoms with Crippen LogP contribution < -0.4 is 10.6 Å². The lowest BCUT2D eigenvalue weighted by atomic mass is 10.1. The van der Waals surface area contributed by atoms with Crippen LogP contribution in [0.2, 0.25) is 0 Å². The molecule has 0 fully saturated rings. The number of rotatable bonds is 6. The highest BCUT2D eigenvalue weighted by molar-refractivity contribution is 7.98. The van der Waals surface area contributed by atoms with Crippen molar-refractivity contribution in [3.63, 3.8) is 0 Å². The monoisotopic (exact) mass is 190 g/mol. The van der Waals surface area contributed by atoms with Crippen molar-refractivity contribution in [2.24, 2.45) is 5.92 Å². The quantitative estimate of drug-likeness (QED) is 0.593. The van der Waals surface area contributed by atoms with Gasteiger partial charge in [0.05, 0.1) is 0 Å². The average Bonchev–Trinajstić information content (AvgIpc) is 2.05. The maximum absolute atomic E-state index is 11.2. The van der Waals surface area contributed by atoms with Crippen molar-refractivity contribution in [1.29, 1.82) is 0 Å². The van der Waals surface area contributed by atoms with Crippen LogP contribution in [0, 0.1) is 5.92 Å². The highest BCUT2D eigenvalue weighted by atomic mass is 32.2. The molecule has 0 saturated heterocycles. The lowest BCUT2D eigenvalue weighted by Gasteiger charge is -2.10. The van der Waals surface area contributed by atoms with Crippen molar-refractivity contribution in [3.8, 4) is 0 Å². The fraction of sp³-hybridized carbons (Fsp3) is 0.875. The molecule has 2 N–H and O–H groups in total. The molecule has 0 aromatic carbocycles. The molecule has 4 heteroatoms. The second-order valence-corrected chi connectivity index (χ2v) is 3.73. The van der Waals surface area contributed by atoms with Gasteiger partial charge in [0.25, 0.3) is 0 Å². The van der Waals surface area contributed by atoms with Crippen LogP contribution in [-0.4, -0.2) is 38.1 Å². The van der Waals surface area contributed by atoms with Crippen LogP contribution in [0.4, 0.5) is 0 Å². The van der Waals surface area contributed by atoms with E-state index in [1.807, 2.05) is 20.2 Å². The van der Waals surface area contributed by atoms with Gasteiger partial charge in [-0.15, -0.1) is 0 Å². The maximum atomic E-state index is 11.2. The zero-order chi connectivity index (χ0) is 9.40. The Kier molecular flexibility index (Phi) is 7.29. The summed E-state index contributed by atoms with van der Waals surface area (Å²) in [6, 6.07) is 0. The fourth-order valence-corrected chi connectivity index (χ4v) is 1.16. The molecule has 0 heterocycles. The zero-order valence-corrected chi connectivity index (χ0v) is 8.83. The van der Waals surface area contributed by atoms with E-state index in [1.54, 1.807) is 11.8 Å². The Morgan fingerprint density at radius 2 is 2.25 bits per heavy atom. The topological polar surface area (TPSA) is 41.1 Å². The third-order valence-electron chi connectivity index (χ3n) is 1.56. The molecule has 0 saturated carbocycles. The molecule has 1 amide bonds. The standard InChI is InChI=1S/C8H18N2OS/c1-7(6-9-2)8(11)10-4-5-12-3/h7,9H,4-6H2,1-3H3,(H,10,11). The molecule has 0 spiro atoms. The van der Waals surface area contributed by atoms with E-state index in [-0.39, 0.29) is 11.8 Å². The molecule has 0 aromatic heterocycles. The van der Waals surface area contributed by atoms with Crippen LogP contribution in [0.1, 0.15) is 6.92 Å². The first-order valence-electron chi connectivity index (χ1n) is 4.13. The van der Waals surface area contributed by atoms with Crippen molar-refractivity contribution < 1.29 is 4.79 Å². The van der Waals surface area contributed by atoms with E-state index in [1.165, 1.54) is 0 Å². The van der Waals surface area contributed by atoms with Crippen molar-refractivity contribution in [2.75, 3.05) is 32.1 Å². The summed E-state index contributed by atoms with van der Waals surface area (Å²) in [4.78, 5) is 11.2. The van der Waals surface area contributed by atoms with Crippen molar-refractivity contribution in [3.05, 3.63) is 0 Å². The van der Waals surface area contributed by atoms with Crippen molar-refractivity contribution in [1.82, 2.24) is 10.6 Å². The van der Waals surface area contributed by atoms with Gasteiger partial charge in [-0.3, -0.25) is 4.79 Å². The normalized spacial score (nSPS) is 12.6. The van der Waals surface area contributed by atoms with Gasteiger partial charge in [-0.2, -0.15) is 11.8 Å². The molecule has 0 aromatic rings. The molecule has 0 bridgehead atoms. The Morgan fingerprint density at radius 1 is 1.58 bits per heavy atom. The van der Waals surface area contributed by atoms with Gasteiger partial charge >= 0.3 is 0 Å². The number of carbonyl (C=O) groups is 1. The van der Waals surface area contributed by atoms with Crippen LogP contribution in [0.25, 0.3) is 0 Å². The SMILES string of the molecule is CNCC(C)C(=O)NCCSC. The fourth-order valence-electron chi connectivity index (χ4n) is 0.849. The summed E-state index contributed by atoms with van der Waals surface area (Å²) < 4.78 is 0. The lowest BCUT2D eigenvalue weighted by Crippen LogP contribution is -2.35. The largest absolute Gasteiger partial charge is 0.355 e. The van der Waals surface area contributed by atoms with Gasteiger partial charge in [0, 0.05) is 24.8 Å². The second-order valence-electron chi connectivity index (χ2n) is 2.74. The molecule has 0 radical (unpaired) electrons. The van der Waals surface area contributed by atoms with Gasteiger partial charge in [-0.1, -0.05) is 6.92 Å². The van der Waals surface area contributed by atoms with E-state index in [4.69, 9.17) is 0 Å². The molecule has 1 unspecified atom stereocenters. The number of carbonyl (C=O) groups excluding carboxylic acids is 1. The molecule has 3 nitrogen and oxygen atoms in total. The number of hydrogen-bond donors (Lipinski definition) is 2. The number of amides is 1. The Balaban J connectivity index is 3.43. The molecule has 72 valence electrons. The summed E-state index contributed by atoms with van der Waals surface area (Å²) >= 11 is 1.74. The second kappa shape index (κ2) is 7.43. The highest BCUT2D eigenvalue weighted by Gasteiger charge is 2.09. The summed E-state index contributed by atoms with van der Waals surface area (Å²) in [5.41, 5.74) is 0. The van der Waals surface area contributed by atoms with Gasteiger partial charge < -0.3 is 10.6 Å². The molecular weight excluding hydrogens is 172 g/mol. The van der Waals surface area contributed by atoms with Crippen LogP contribution >= 0.6 is 11.8 Å². The molecule has 0 aliphatic heterocycles. The Hall–Kier alpha value is -0.220. The van der Waals surface area contributed by atoms with Crippen molar-refractivity contribution in [2.45, 2.75) is 6.92 Å². The van der Waals surface area contributed by atoms with E-state index in [9.17, 15) is 4.79 Å². The third-order valence-corrected chi connectivity index (χ3v) is 2.18. The summed E-state index contributed by atoms with van der Waals surface area (Å²) in [5.74, 6) is 1.19. The first-order valence-corrected chi connectivity index (χ1v) is 5.53. The lowest BCUT2D eigenvalue weighted by molar-refractivity contribution is -0.124. The van der Waals surface area contributed by atoms with Gasteiger partial charge in [0.15, 0.2) is 0 Å². The molecule has 0 aliphatic carbocycles. The zero-order valence-electron chi connectivity index (χ0n) is 8.02. The molecular formula is C8H18N2OS. The molecule has 0 rings (SSSR count). The van der Waals surface area contributed by atoms with Gasteiger partial charge in [0.1, 0.15) is 0 Å². The number of hydrogen-bond acceptors (Lipinski definition) is 3. The van der Waals surface area contributed by atoms with Gasteiger partial charge in [-0.25, -0.2) is 0 Å². The highest BCUT2D eigenvalue weighted by Crippen LogP contribution is 1.93. The number of nitrogens with one attached hydrogen (secondary N) is 2. The van der Waals surface area contributed by atoms with E-state index in [0.717, 1.165) is 18.8 Å². The molecule has 1 atom stereocenters. The van der Waals surface area contributed by atoms with E-state index in [0.29, 0.717) is 0 Å².